The summed E-state index contributed by atoms with van der Waals surface area (Å²) in [5.74, 6) is -0.0376. The van der Waals surface area contributed by atoms with E-state index in [4.69, 9.17) is 16.2 Å². The van der Waals surface area contributed by atoms with Crippen molar-refractivity contribution in [3.8, 4) is 0 Å². The normalized spacial score (nSPS) is 23.0. The number of anilines is 2. The van der Waals surface area contributed by atoms with E-state index >= 15 is 0 Å². The van der Waals surface area contributed by atoms with Crippen LogP contribution in [0.15, 0.2) is 0 Å². The molecule has 1 aliphatic heterocycles. The molecule has 3 rings (SSSR count). The lowest BCUT2D eigenvalue weighted by molar-refractivity contribution is -0.136. The molecule has 3 amide bonds. The van der Waals surface area contributed by atoms with Gasteiger partial charge in [0.15, 0.2) is 0 Å². The van der Waals surface area contributed by atoms with Crippen molar-refractivity contribution in [2.75, 3.05) is 72.5 Å². The van der Waals surface area contributed by atoms with Crippen LogP contribution in [0.2, 0.25) is 0 Å². The molecule has 2 heterocycles. The second kappa shape index (κ2) is 10.8. The lowest BCUT2D eigenvalue weighted by Gasteiger charge is -2.45. The molecule has 1 aliphatic carbocycles. The number of piperidine rings is 1. The van der Waals surface area contributed by atoms with Crippen LogP contribution in [0, 0.1) is 11.8 Å². The second-order valence-electron chi connectivity index (χ2n) is 9.26. The summed E-state index contributed by atoms with van der Waals surface area (Å²) in [6, 6.07) is 0.0349. The van der Waals surface area contributed by atoms with E-state index in [1.807, 2.05) is 14.1 Å². The van der Waals surface area contributed by atoms with Crippen LogP contribution >= 0.6 is 11.3 Å². The Morgan fingerprint density at radius 3 is 2.69 bits per heavy atom. The van der Waals surface area contributed by atoms with Gasteiger partial charge in [-0.05, 0) is 64.9 Å². The van der Waals surface area contributed by atoms with E-state index < -0.39 is 0 Å². The van der Waals surface area contributed by atoms with E-state index in [-0.39, 0.29) is 24.4 Å². The number of nitrogen functional groups attached to an aromatic ring is 2. The van der Waals surface area contributed by atoms with E-state index in [1.165, 1.54) is 9.78 Å². The monoisotopic (exact) mass is 466 g/mol. The number of hydrogen-bond acceptors (Lipinski definition) is 8. The maximum atomic E-state index is 13.5. The average molecular weight is 467 g/mol. The molecule has 1 fully saturated rings. The minimum Gasteiger partial charge on any atom is -0.396 e. The third-order valence-electron chi connectivity index (χ3n) is 6.66. The number of urea groups is 1. The van der Waals surface area contributed by atoms with Crippen LogP contribution in [0.5, 0.6) is 0 Å². The quantitative estimate of drug-likeness (QED) is 0.491. The third-order valence-corrected chi connectivity index (χ3v) is 7.76. The van der Waals surface area contributed by atoms with Gasteiger partial charge >= 0.3 is 6.03 Å². The van der Waals surface area contributed by atoms with Gasteiger partial charge in [0, 0.05) is 31.1 Å². The van der Waals surface area contributed by atoms with Crippen LogP contribution in [0.4, 0.5) is 15.5 Å². The predicted octanol–water partition coefficient (Wildman–Crippen LogP) is 1.08. The number of hydrogen-bond donors (Lipinski definition) is 3. The summed E-state index contributed by atoms with van der Waals surface area (Å²) >= 11 is 1.59. The van der Waals surface area contributed by atoms with Crippen LogP contribution in [-0.2, 0) is 22.4 Å². The summed E-state index contributed by atoms with van der Waals surface area (Å²) in [6.07, 6.45) is 3.33. The Morgan fingerprint density at radius 1 is 1.25 bits per heavy atom. The molecule has 0 aromatic carbocycles. The van der Waals surface area contributed by atoms with Crippen molar-refractivity contribution in [3.63, 3.8) is 0 Å². The molecule has 2 aliphatic rings. The van der Waals surface area contributed by atoms with Gasteiger partial charge < -0.3 is 31.3 Å². The van der Waals surface area contributed by atoms with Gasteiger partial charge in [0.05, 0.1) is 24.8 Å². The standard InChI is InChI=1S/C22H38N6O3S/c1-26(2)7-5-6-25-22(30)28(8-9-31-4)21(29)15-10-14-11-16-18(32-20(24)19(16)23)12-17(14)27(3)13-15/h14-15,17H,5-13,23-24H2,1-4H3,(H,25,30)/t14-,15-,17-/m1/s1. The van der Waals surface area contributed by atoms with Crippen molar-refractivity contribution >= 4 is 34.0 Å². The largest absolute Gasteiger partial charge is 0.396 e. The zero-order chi connectivity index (χ0) is 23.4. The zero-order valence-corrected chi connectivity index (χ0v) is 20.5. The fraction of sp³-hybridized carbons (Fsp3) is 0.727. The molecule has 32 heavy (non-hydrogen) atoms. The molecule has 0 bridgehead atoms. The zero-order valence-electron chi connectivity index (χ0n) is 19.7. The number of ether oxygens (including phenoxy) is 1. The predicted molar refractivity (Wildman–Crippen MR) is 129 cm³/mol. The highest BCUT2D eigenvalue weighted by Crippen LogP contribution is 2.44. The van der Waals surface area contributed by atoms with Gasteiger partial charge in [-0.2, -0.15) is 0 Å². The van der Waals surface area contributed by atoms with Crippen molar-refractivity contribution in [2.45, 2.75) is 31.7 Å². The summed E-state index contributed by atoms with van der Waals surface area (Å²) in [5.41, 5.74) is 14.2. The third kappa shape index (κ3) is 5.54. The lowest BCUT2D eigenvalue weighted by Crippen LogP contribution is -2.55. The highest BCUT2D eigenvalue weighted by molar-refractivity contribution is 7.16. The Hall–Kier alpha value is -1.88. The highest BCUT2D eigenvalue weighted by Gasteiger charge is 2.42. The Balaban J connectivity index is 1.67. The summed E-state index contributed by atoms with van der Waals surface area (Å²) in [5, 5.41) is 3.59. The number of likely N-dealkylation sites (N-methyl/N-ethyl adjacent to an activating group) is 1. The fourth-order valence-electron chi connectivity index (χ4n) is 4.95. The molecule has 0 radical (unpaired) electrons. The van der Waals surface area contributed by atoms with E-state index in [1.54, 1.807) is 18.4 Å². The number of carbonyl (C=O) groups excluding carboxylic acids is 2. The Morgan fingerprint density at radius 2 is 2.00 bits per heavy atom. The van der Waals surface area contributed by atoms with Gasteiger partial charge in [0.1, 0.15) is 5.00 Å². The minimum absolute atomic E-state index is 0.124. The molecule has 10 heteroatoms. The van der Waals surface area contributed by atoms with Gasteiger partial charge in [-0.15, -0.1) is 11.3 Å². The highest BCUT2D eigenvalue weighted by atomic mass is 32.1. The van der Waals surface area contributed by atoms with Crippen LogP contribution in [-0.4, -0.2) is 93.7 Å². The van der Waals surface area contributed by atoms with Crippen LogP contribution in [0.25, 0.3) is 0 Å². The first-order chi connectivity index (χ1) is 15.2. The smallest absolute Gasteiger partial charge is 0.324 e. The summed E-state index contributed by atoms with van der Waals surface area (Å²) in [7, 11) is 7.64. The summed E-state index contributed by atoms with van der Waals surface area (Å²) in [4.78, 5) is 33.2. The van der Waals surface area contributed by atoms with Crippen LogP contribution < -0.4 is 16.8 Å². The topological polar surface area (TPSA) is 117 Å². The minimum atomic E-state index is -0.337. The van der Waals surface area contributed by atoms with Crippen molar-refractivity contribution < 1.29 is 14.3 Å². The molecule has 0 saturated carbocycles. The number of imide groups is 1. The van der Waals surface area contributed by atoms with Gasteiger partial charge in [-0.3, -0.25) is 9.69 Å². The van der Waals surface area contributed by atoms with E-state index in [0.29, 0.717) is 42.3 Å². The van der Waals surface area contributed by atoms with E-state index in [2.05, 4.69) is 22.2 Å². The van der Waals surface area contributed by atoms with Crippen molar-refractivity contribution in [3.05, 3.63) is 10.4 Å². The number of rotatable bonds is 8. The van der Waals surface area contributed by atoms with Crippen LogP contribution in [0.1, 0.15) is 23.3 Å². The molecule has 180 valence electrons. The van der Waals surface area contributed by atoms with Gasteiger partial charge in [-0.1, -0.05) is 0 Å². The molecule has 1 saturated heterocycles. The summed E-state index contributed by atoms with van der Waals surface area (Å²) in [6.45, 7) is 2.62. The molecule has 5 N–H and O–H groups in total. The maximum Gasteiger partial charge on any atom is 0.324 e. The first kappa shape index (κ1) is 24.8. The number of carbonyl (C=O) groups is 2. The van der Waals surface area contributed by atoms with Crippen LogP contribution in [0.3, 0.4) is 0 Å². The van der Waals surface area contributed by atoms with Gasteiger partial charge in [0.2, 0.25) is 5.91 Å². The molecular weight excluding hydrogens is 428 g/mol. The fourth-order valence-corrected chi connectivity index (χ4v) is 6.02. The SMILES string of the molecule is COCCN(C(=O)NCCCN(C)C)C(=O)[C@@H]1C[C@@H]2Cc3c(sc(N)c3N)C[C@H]2N(C)C1. The number of fused-ring (bicyclic) bond motifs is 2. The first-order valence-electron chi connectivity index (χ1n) is 11.3. The Kier molecular flexibility index (Phi) is 8.37. The number of thiophene rings is 1. The summed E-state index contributed by atoms with van der Waals surface area (Å²) < 4.78 is 5.16. The maximum absolute atomic E-state index is 13.5. The molecule has 1 aromatic rings. The number of nitrogens with zero attached hydrogens (tertiary/aromatic N) is 3. The number of amides is 3. The number of nitrogens with two attached hydrogens (primary N) is 2. The average Bonchev–Trinajstić information content (AvgIpc) is 3.03. The molecule has 3 atom stereocenters. The second-order valence-corrected chi connectivity index (χ2v) is 10.4. The Bertz CT molecular complexity index is 814. The van der Waals surface area contributed by atoms with Crippen molar-refractivity contribution in [1.29, 1.82) is 0 Å². The lowest BCUT2D eigenvalue weighted by atomic mass is 9.74. The van der Waals surface area contributed by atoms with Gasteiger partial charge in [-0.25, -0.2) is 4.79 Å². The van der Waals surface area contributed by atoms with E-state index in [0.717, 1.165) is 37.8 Å². The Labute approximate surface area is 195 Å². The molecule has 0 spiro atoms. The van der Waals surface area contributed by atoms with Gasteiger partial charge in [0.25, 0.3) is 0 Å². The van der Waals surface area contributed by atoms with Crippen molar-refractivity contribution in [1.82, 2.24) is 20.0 Å². The molecule has 9 nitrogen and oxygen atoms in total. The molecular formula is C22H38N6O3S. The molecule has 0 unspecified atom stereocenters. The first-order valence-corrected chi connectivity index (χ1v) is 12.1. The van der Waals surface area contributed by atoms with E-state index in [9.17, 15) is 9.59 Å². The number of nitrogens with one attached hydrogen (secondary N) is 1. The van der Waals surface area contributed by atoms with Crippen molar-refractivity contribution in [2.24, 2.45) is 11.8 Å². The number of likely N-dealkylation sites (tertiary alicyclic amines) is 1. The number of methoxy groups -OCH3 is 1. The molecule has 1 aromatic heterocycles.